The number of halogens is 1. The third-order valence-corrected chi connectivity index (χ3v) is 4.50. The summed E-state index contributed by atoms with van der Waals surface area (Å²) in [4.78, 5) is 26.9. The van der Waals surface area contributed by atoms with Crippen molar-refractivity contribution >= 4 is 17.5 Å². The first-order chi connectivity index (χ1) is 12.1. The Morgan fingerprint density at radius 1 is 1.00 bits per heavy atom. The molecule has 0 atom stereocenters. The van der Waals surface area contributed by atoms with Crippen molar-refractivity contribution in [2.75, 3.05) is 6.54 Å². The molecule has 0 saturated heterocycles. The van der Waals surface area contributed by atoms with Crippen LogP contribution in [0.4, 0.5) is 0 Å². The molecule has 126 valence electrons. The number of aromatic nitrogens is 3. The average Bonchev–Trinajstić information content (AvgIpc) is 2.98. The molecule has 1 aliphatic heterocycles. The van der Waals surface area contributed by atoms with Crippen molar-refractivity contribution in [2.24, 2.45) is 0 Å². The van der Waals surface area contributed by atoms with Crippen molar-refractivity contribution in [3.63, 3.8) is 0 Å². The molecular weight excluding hydrogens is 340 g/mol. The van der Waals surface area contributed by atoms with Gasteiger partial charge in [-0.25, -0.2) is 4.79 Å². The van der Waals surface area contributed by atoms with Crippen LogP contribution < -0.4 is 5.69 Å². The molecule has 0 bridgehead atoms. The van der Waals surface area contributed by atoms with Gasteiger partial charge in [-0.1, -0.05) is 29.8 Å². The molecule has 6 nitrogen and oxygen atoms in total. The molecule has 0 fully saturated rings. The second-order valence-corrected chi connectivity index (χ2v) is 6.27. The van der Waals surface area contributed by atoms with Gasteiger partial charge >= 0.3 is 5.69 Å². The molecule has 0 aliphatic carbocycles. The summed E-state index contributed by atoms with van der Waals surface area (Å²) in [6, 6.07) is 16.0. The molecule has 3 aromatic rings. The van der Waals surface area contributed by atoms with Crippen molar-refractivity contribution in [3.8, 4) is 5.69 Å². The van der Waals surface area contributed by atoms with E-state index in [0.29, 0.717) is 41.7 Å². The second kappa shape index (κ2) is 6.22. The molecule has 25 heavy (non-hydrogen) atoms. The average molecular weight is 355 g/mol. The minimum Gasteiger partial charge on any atom is -0.329 e. The van der Waals surface area contributed by atoms with Gasteiger partial charge in [0, 0.05) is 23.7 Å². The summed E-state index contributed by atoms with van der Waals surface area (Å²) in [7, 11) is 0. The van der Waals surface area contributed by atoms with Crippen LogP contribution in [0.25, 0.3) is 5.69 Å². The van der Waals surface area contributed by atoms with Crippen LogP contribution in [0, 0.1) is 0 Å². The van der Waals surface area contributed by atoms with Gasteiger partial charge in [-0.15, -0.1) is 5.10 Å². The fourth-order valence-corrected chi connectivity index (χ4v) is 3.06. The molecule has 0 radical (unpaired) electrons. The first kappa shape index (κ1) is 15.7. The maximum Gasteiger partial charge on any atom is 0.350 e. The summed E-state index contributed by atoms with van der Waals surface area (Å²) < 4.78 is 2.96. The number of benzene rings is 2. The van der Waals surface area contributed by atoms with Crippen molar-refractivity contribution in [3.05, 3.63) is 81.5 Å². The van der Waals surface area contributed by atoms with Crippen LogP contribution >= 0.6 is 11.6 Å². The van der Waals surface area contributed by atoms with Gasteiger partial charge in [0.2, 0.25) is 0 Å². The van der Waals surface area contributed by atoms with E-state index in [4.69, 9.17) is 11.6 Å². The third kappa shape index (κ3) is 2.85. The molecule has 0 spiro atoms. The Kier molecular flexibility index (Phi) is 3.89. The Morgan fingerprint density at radius 3 is 2.44 bits per heavy atom. The lowest BCUT2D eigenvalue weighted by molar-refractivity contribution is 0.0706. The van der Waals surface area contributed by atoms with Gasteiger partial charge in [-0.2, -0.15) is 4.68 Å². The first-order valence-corrected chi connectivity index (χ1v) is 8.30. The summed E-state index contributed by atoms with van der Waals surface area (Å²) >= 11 is 5.89. The minimum atomic E-state index is -0.205. The van der Waals surface area contributed by atoms with Crippen molar-refractivity contribution < 1.29 is 4.79 Å². The number of carbonyl (C=O) groups is 1. The number of carbonyl (C=O) groups excluding carboxylic acids is 1. The van der Waals surface area contributed by atoms with Gasteiger partial charge in [-0.05, 0) is 36.4 Å². The van der Waals surface area contributed by atoms with E-state index in [1.54, 1.807) is 45.9 Å². The second-order valence-electron chi connectivity index (χ2n) is 5.83. The van der Waals surface area contributed by atoms with Gasteiger partial charge in [0.25, 0.3) is 5.91 Å². The van der Waals surface area contributed by atoms with E-state index in [-0.39, 0.29) is 11.6 Å². The lowest BCUT2D eigenvalue weighted by atomic mass is 10.2. The van der Waals surface area contributed by atoms with Gasteiger partial charge < -0.3 is 4.90 Å². The first-order valence-electron chi connectivity index (χ1n) is 7.92. The van der Waals surface area contributed by atoms with E-state index in [1.807, 2.05) is 18.2 Å². The zero-order valence-electron chi connectivity index (χ0n) is 13.3. The third-order valence-electron chi connectivity index (χ3n) is 4.24. The van der Waals surface area contributed by atoms with E-state index in [2.05, 4.69) is 5.10 Å². The molecule has 0 saturated carbocycles. The van der Waals surface area contributed by atoms with Gasteiger partial charge in [0.15, 0.2) is 5.82 Å². The van der Waals surface area contributed by atoms with E-state index in [1.165, 1.54) is 4.68 Å². The fourth-order valence-electron chi connectivity index (χ4n) is 2.94. The number of amides is 1. The van der Waals surface area contributed by atoms with Crippen molar-refractivity contribution in [2.45, 2.75) is 13.1 Å². The molecule has 1 aliphatic rings. The number of hydrogen-bond acceptors (Lipinski definition) is 3. The van der Waals surface area contributed by atoms with Crippen molar-refractivity contribution in [1.82, 2.24) is 19.2 Å². The monoisotopic (exact) mass is 354 g/mol. The van der Waals surface area contributed by atoms with Crippen LogP contribution in [-0.2, 0) is 13.1 Å². The number of nitrogens with zero attached hydrogens (tertiary/aromatic N) is 4. The summed E-state index contributed by atoms with van der Waals surface area (Å²) in [6.07, 6.45) is 0. The van der Waals surface area contributed by atoms with Crippen molar-refractivity contribution in [1.29, 1.82) is 0 Å². The highest BCUT2D eigenvalue weighted by atomic mass is 35.5. The van der Waals surface area contributed by atoms with Crippen LogP contribution in [0.2, 0.25) is 5.02 Å². The highest BCUT2D eigenvalue weighted by molar-refractivity contribution is 6.30. The summed E-state index contributed by atoms with van der Waals surface area (Å²) in [6.45, 7) is 1.22. The van der Waals surface area contributed by atoms with Gasteiger partial charge in [0.05, 0.1) is 12.2 Å². The Morgan fingerprint density at radius 2 is 1.72 bits per heavy atom. The molecule has 2 aromatic carbocycles. The van der Waals surface area contributed by atoms with Crippen LogP contribution in [0.15, 0.2) is 59.4 Å². The van der Waals surface area contributed by atoms with Gasteiger partial charge in [-0.3, -0.25) is 9.36 Å². The smallest absolute Gasteiger partial charge is 0.329 e. The quantitative estimate of drug-likeness (QED) is 0.709. The molecule has 4 rings (SSSR count). The van der Waals surface area contributed by atoms with Crippen LogP contribution in [-0.4, -0.2) is 31.7 Å². The SMILES string of the molecule is O=C(c1ccccc1)N1CCn2c(nn(-c3ccc(Cl)cc3)c2=O)C1. The molecule has 7 heteroatoms. The zero-order chi connectivity index (χ0) is 17.4. The lowest BCUT2D eigenvalue weighted by Crippen LogP contribution is -2.40. The van der Waals surface area contributed by atoms with Crippen LogP contribution in [0.1, 0.15) is 16.2 Å². The Labute approximate surface area is 148 Å². The molecule has 2 heterocycles. The maximum atomic E-state index is 12.6. The van der Waals surface area contributed by atoms with E-state index < -0.39 is 0 Å². The Bertz CT molecular complexity index is 977. The number of rotatable bonds is 2. The fraction of sp³-hybridized carbons (Fsp3) is 0.167. The molecular formula is C18H15ClN4O2. The molecule has 1 amide bonds. The summed E-state index contributed by atoms with van der Waals surface area (Å²) in [5.74, 6) is 0.524. The zero-order valence-corrected chi connectivity index (χ0v) is 14.1. The van der Waals surface area contributed by atoms with Crippen LogP contribution in [0.3, 0.4) is 0 Å². The van der Waals surface area contributed by atoms with Crippen LogP contribution in [0.5, 0.6) is 0 Å². The van der Waals surface area contributed by atoms with E-state index in [9.17, 15) is 9.59 Å². The predicted molar refractivity (Wildman–Crippen MR) is 94.0 cm³/mol. The molecule has 0 N–H and O–H groups in total. The molecule has 0 unspecified atom stereocenters. The topological polar surface area (TPSA) is 60.1 Å². The number of hydrogen-bond donors (Lipinski definition) is 0. The standard InChI is InChI=1S/C18H15ClN4O2/c19-14-6-8-15(9-7-14)23-18(25)22-11-10-21(12-16(22)20-23)17(24)13-4-2-1-3-5-13/h1-9H,10-12H2. The maximum absolute atomic E-state index is 12.6. The highest BCUT2D eigenvalue weighted by Crippen LogP contribution is 2.15. The predicted octanol–water partition coefficient (Wildman–Crippen LogP) is 2.34. The number of fused-ring (bicyclic) bond motifs is 1. The van der Waals surface area contributed by atoms with E-state index >= 15 is 0 Å². The lowest BCUT2D eigenvalue weighted by Gasteiger charge is -2.26. The summed E-state index contributed by atoms with van der Waals surface area (Å²) in [5.41, 5.74) is 1.08. The Hall–Kier alpha value is -2.86. The Balaban J connectivity index is 1.64. The largest absolute Gasteiger partial charge is 0.350 e. The minimum absolute atomic E-state index is 0.0552. The van der Waals surface area contributed by atoms with Gasteiger partial charge in [0.1, 0.15) is 0 Å². The summed E-state index contributed by atoms with van der Waals surface area (Å²) in [5, 5.41) is 5.00. The highest BCUT2D eigenvalue weighted by Gasteiger charge is 2.26. The normalized spacial score (nSPS) is 13.6. The van der Waals surface area contributed by atoms with E-state index in [0.717, 1.165) is 0 Å². The molecule has 1 aromatic heterocycles.